The van der Waals surface area contributed by atoms with Crippen LogP contribution < -0.4 is 10.2 Å². The molecular formula is C10H11F3N4S. The summed E-state index contributed by atoms with van der Waals surface area (Å²) in [7, 11) is 2.99. The van der Waals surface area contributed by atoms with Gasteiger partial charge in [-0.25, -0.2) is 4.98 Å². The first-order valence-corrected chi connectivity index (χ1v) is 5.99. The molecule has 0 unspecified atom stereocenters. The number of alkyl halides is 3. The quantitative estimate of drug-likeness (QED) is 0.936. The normalized spacial score (nSPS) is 11.8. The lowest BCUT2D eigenvalue weighted by atomic mass is 10.3. The third kappa shape index (κ3) is 2.63. The summed E-state index contributed by atoms with van der Waals surface area (Å²) in [5, 5.41) is 5.16. The Bertz CT molecular complexity index is 552. The lowest BCUT2D eigenvalue weighted by molar-refractivity contribution is -0.119. The Hall–Kier alpha value is -1.57. The molecule has 2 aromatic rings. The van der Waals surface area contributed by atoms with E-state index in [4.69, 9.17) is 0 Å². The van der Waals surface area contributed by atoms with Crippen molar-refractivity contribution in [1.29, 1.82) is 0 Å². The summed E-state index contributed by atoms with van der Waals surface area (Å²) in [5.74, 6) is 0.594. The summed E-state index contributed by atoms with van der Waals surface area (Å²) in [6, 6.07) is 1.72. The zero-order chi connectivity index (χ0) is 13.3. The molecule has 0 aliphatic heterocycles. The van der Waals surface area contributed by atoms with E-state index in [2.05, 4.69) is 15.3 Å². The van der Waals surface area contributed by atoms with Gasteiger partial charge in [-0.3, -0.25) is 0 Å². The van der Waals surface area contributed by atoms with E-state index in [9.17, 15) is 13.2 Å². The molecule has 0 aromatic carbocycles. The van der Waals surface area contributed by atoms with Gasteiger partial charge in [-0.15, -0.1) is 11.3 Å². The first-order chi connectivity index (χ1) is 8.40. The van der Waals surface area contributed by atoms with Crippen molar-refractivity contribution in [3.05, 3.63) is 11.4 Å². The number of anilines is 2. The molecule has 0 saturated carbocycles. The highest BCUT2D eigenvalue weighted by molar-refractivity contribution is 7.16. The minimum Gasteiger partial charge on any atom is -0.357 e. The fourth-order valence-corrected chi connectivity index (χ4v) is 2.34. The van der Waals surface area contributed by atoms with Crippen LogP contribution in [0.2, 0.25) is 0 Å². The fraction of sp³-hybridized carbons (Fsp3) is 0.400. The zero-order valence-corrected chi connectivity index (χ0v) is 10.6. The number of halogens is 3. The predicted molar refractivity (Wildman–Crippen MR) is 66.3 cm³/mol. The van der Waals surface area contributed by atoms with Crippen molar-refractivity contribution in [3.8, 4) is 0 Å². The van der Waals surface area contributed by atoms with Crippen LogP contribution in [0.1, 0.15) is 0 Å². The summed E-state index contributed by atoms with van der Waals surface area (Å²) in [5.41, 5.74) is 0. The van der Waals surface area contributed by atoms with Crippen LogP contribution in [-0.4, -0.2) is 36.8 Å². The highest BCUT2D eigenvalue weighted by Gasteiger charge is 2.30. The topological polar surface area (TPSA) is 41.1 Å². The second kappa shape index (κ2) is 4.60. The molecule has 2 heterocycles. The van der Waals surface area contributed by atoms with E-state index in [1.807, 2.05) is 0 Å². The third-order valence-electron chi connectivity index (χ3n) is 2.31. The summed E-state index contributed by atoms with van der Waals surface area (Å²) in [6.45, 7) is -1.04. The molecule has 0 aliphatic carbocycles. The van der Waals surface area contributed by atoms with Crippen LogP contribution in [0.4, 0.5) is 24.9 Å². The van der Waals surface area contributed by atoms with Gasteiger partial charge >= 0.3 is 6.18 Å². The summed E-state index contributed by atoms with van der Waals surface area (Å²) in [4.78, 5) is 10.0. The number of nitrogens with zero attached hydrogens (tertiary/aromatic N) is 3. The van der Waals surface area contributed by atoms with Gasteiger partial charge in [0.05, 0.1) is 5.39 Å². The summed E-state index contributed by atoms with van der Waals surface area (Å²) < 4.78 is 37.2. The Labute approximate surface area is 105 Å². The maximum absolute atomic E-state index is 12.4. The van der Waals surface area contributed by atoms with E-state index in [1.54, 1.807) is 18.5 Å². The molecule has 4 nitrogen and oxygen atoms in total. The van der Waals surface area contributed by atoms with Crippen LogP contribution in [0.15, 0.2) is 11.4 Å². The van der Waals surface area contributed by atoms with E-state index < -0.39 is 12.7 Å². The van der Waals surface area contributed by atoms with E-state index in [1.165, 1.54) is 18.4 Å². The van der Waals surface area contributed by atoms with Gasteiger partial charge in [-0.05, 0) is 11.4 Å². The molecule has 0 aliphatic rings. The van der Waals surface area contributed by atoms with Gasteiger partial charge in [0.2, 0.25) is 5.95 Å². The fourth-order valence-electron chi connectivity index (χ4n) is 1.59. The van der Waals surface area contributed by atoms with Gasteiger partial charge in [-0.2, -0.15) is 18.2 Å². The van der Waals surface area contributed by atoms with Crippen molar-refractivity contribution in [2.24, 2.45) is 0 Å². The number of hydrogen-bond donors (Lipinski definition) is 1. The first-order valence-electron chi connectivity index (χ1n) is 5.11. The monoisotopic (exact) mass is 276 g/mol. The van der Waals surface area contributed by atoms with E-state index >= 15 is 0 Å². The number of rotatable bonds is 3. The molecular weight excluding hydrogens is 265 g/mol. The first kappa shape index (κ1) is 12.9. The summed E-state index contributed by atoms with van der Waals surface area (Å²) in [6.07, 6.45) is -4.26. The molecule has 0 radical (unpaired) electrons. The lowest BCUT2D eigenvalue weighted by Crippen LogP contribution is -2.31. The Kier molecular flexibility index (Phi) is 3.29. The maximum atomic E-state index is 12.4. The van der Waals surface area contributed by atoms with Crippen LogP contribution in [0.3, 0.4) is 0 Å². The van der Waals surface area contributed by atoms with Gasteiger partial charge in [0.1, 0.15) is 17.2 Å². The highest BCUT2D eigenvalue weighted by atomic mass is 32.1. The molecule has 8 heteroatoms. The molecule has 0 spiro atoms. The SMILES string of the molecule is CNc1nc(N(C)CC(F)(F)F)c2ccsc2n1. The molecule has 98 valence electrons. The largest absolute Gasteiger partial charge is 0.405 e. The van der Waals surface area contributed by atoms with Gasteiger partial charge < -0.3 is 10.2 Å². The maximum Gasteiger partial charge on any atom is 0.405 e. The Balaban J connectivity index is 2.45. The predicted octanol–water partition coefficient (Wildman–Crippen LogP) is 2.73. The Morgan fingerprint density at radius 3 is 2.72 bits per heavy atom. The lowest BCUT2D eigenvalue weighted by Gasteiger charge is -2.20. The van der Waals surface area contributed by atoms with Gasteiger partial charge in [0.25, 0.3) is 0 Å². The molecule has 1 N–H and O–H groups in total. The second-order valence-corrected chi connectivity index (χ2v) is 4.63. The molecule has 2 aromatic heterocycles. The van der Waals surface area contributed by atoms with Gasteiger partial charge in [0.15, 0.2) is 0 Å². The van der Waals surface area contributed by atoms with Crippen molar-refractivity contribution in [3.63, 3.8) is 0 Å². The van der Waals surface area contributed by atoms with E-state index in [-0.39, 0.29) is 5.82 Å². The average molecular weight is 276 g/mol. The van der Waals surface area contributed by atoms with Crippen LogP contribution >= 0.6 is 11.3 Å². The number of aromatic nitrogens is 2. The Morgan fingerprint density at radius 1 is 1.39 bits per heavy atom. The number of hydrogen-bond acceptors (Lipinski definition) is 5. The van der Waals surface area contributed by atoms with E-state index in [0.717, 1.165) is 4.90 Å². The van der Waals surface area contributed by atoms with Crippen molar-refractivity contribution < 1.29 is 13.2 Å². The Morgan fingerprint density at radius 2 is 2.11 bits per heavy atom. The van der Waals surface area contributed by atoms with E-state index in [0.29, 0.717) is 16.2 Å². The molecule has 0 atom stereocenters. The zero-order valence-electron chi connectivity index (χ0n) is 9.75. The molecule has 0 bridgehead atoms. The third-order valence-corrected chi connectivity index (χ3v) is 3.11. The highest BCUT2D eigenvalue weighted by Crippen LogP contribution is 2.30. The van der Waals surface area contributed by atoms with Gasteiger partial charge in [-0.1, -0.05) is 0 Å². The second-order valence-electron chi connectivity index (χ2n) is 3.73. The molecule has 2 rings (SSSR count). The minimum absolute atomic E-state index is 0.280. The minimum atomic E-state index is -4.26. The smallest absolute Gasteiger partial charge is 0.357 e. The van der Waals surface area contributed by atoms with Crippen LogP contribution in [0.5, 0.6) is 0 Å². The molecule has 0 amide bonds. The number of fused-ring (bicyclic) bond motifs is 1. The van der Waals surface area contributed by atoms with Crippen LogP contribution in [0, 0.1) is 0 Å². The summed E-state index contributed by atoms with van der Waals surface area (Å²) >= 11 is 1.37. The van der Waals surface area contributed by atoms with Crippen LogP contribution in [-0.2, 0) is 0 Å². The number of nitrogens with one attached hydrogen (secondary N) is 1. The average Bonchev–Trinajstić information content (AvgIpc) is 2.72. The standard InChI is InChI=1S/C10H11F3N4S/c1-14-9-15-7(17(2)5-10(11,12)13)6-3-4-18-8(6)16-9/h3-4H,5H2,1-2H3,(H,14,15,16). The van der Waals surface area contributed by atoms with Crippen molar-refractivity contribution in [2.45, 2.75) is 6.18 Å². The van der Waals surface area contributed by atoms with Crippen LogP contribution in [0.25, 0.3) is 10.2 Å². The van der Waals surface area contributed by atoms with Crippen molar-refractivity contribution in [1.82, 2.24) is 9.97 Å². The molecule has 18 heavy (non-hydrogen) atoms. The molecule has 0 fully saturated rings. The number of thiophene rings is 1. The molecule has 0 saturated heterocycles. The van der Waals surface area contributed by atoms with Gasteiger partial charge in [0, 0.05) is 14.1 Å². The van der Waals surface area contributed by atoms with Crippen molar-refractivity contribution >= 4 is 33.3 Å². The van der Waals surface area contributed by atoms with Crippen molar-refractivity contribution in [2.75, 3.05) is 30.9 Å².